The van der Waals surface area contributed by atoms with Gasteiger partial charge in [-0.15, -0.1) is 0 Å². The lowest BCUT2D eigenvalue weighted by Crippen LogP contribution is -2.43. The van der Waals surface area contributed by atoms with Gasteiger partial charge in [-0.1, -0.05) is 6.07 Å². The fourth-order valence-corrected chi connectivity index (χ4v) is 2.71. The maximum Gasteiger partial charge on any atom is 0.325 e. The highest BCUT2D eigenvalue weighted by Gasteiger charge is 2.43. The summed E-state index contributed by atoms with van der Waals surface area (Å²) in [5.74, 6) is -0.352. The van der Waals surface area contributed by atoms with Gasteiger partial charge < -0.3 is 14.8 Å². The number of nitrogens with zero attached hydrogens (tertiary/aromatic N) is 1. The minimum atomic E-state index is -0.990. The van der Waals surface area contributed by atoms with Crippen molar-refractivity contribution >= 4 is 29.8 Å². The number of carbonyl (C=O) groups is 4. The molecule has 0 radical (unpaired) electrons. The highest BCUT2D eigenvalue weighted by molar-refractivity contribution is 6.06. The van der Waals surface area contributed by atoms with Crippen molar-refractivity contribution in [3.8, 4) is 11.5 Å². The van der Waals surface area contributed by atoms with E-state index in [-0.39, 0.29) is 13.0 Å². The van der Waals surface area contributed by atoms with E-state index in [1.54, 1.807) is 38.1 Å². The van der Waals surface area contributed by atoms with Crippen LogP contribution in [-0.4, -0.2) is 54.5 Å². The molecule has 2 rings (SSSR count). The Morgan fingerprint density at radius 2 is 1.93 bits per heavy atom. The van der Waals surface area contributed by atoms with E-state index in [2.05, 4.69) is 16.2 Å². The van der Waals surface area contributed by atoms with E-state index in [0.29, 0.717) is 23.7 Å². The van der Waals surface area contributed by atoms with Crippen molar-refractivity contribution in [1.82, 2.24) is 21.1 Å². The molecule has 0 aromatic heterocycles. The van der Waals surface area contributed by atoms with Gasteiger partial charge in [-0.25, -0.2) is 4.79 Å². The van der Waals surface area contributed by atoms with E-state index in [1.807, 2.05) is 6.92 Å². The summed E-state index contributed by atoms with van der Waals surface area (Å²) in [6.45, 7) is 5.40. The number of hydrogen-bond acceptors (Lipinski definition) is 6. The summed E-state index contributed by atoms with van der Waals surface area (Å²) >= 11 is 0. The summed E-state index contributed by atoms with van der Waals surface area (Å²) in [7, 11) is 1.54. The van der Waals surface area contributed by atoms with Gasteiger partial charge in [0.25, 0.3) is 11.8 Å². The van der Waals surface area contributed by atoms with Crippen molar-refractivity contribution in [2.45, 2.75) is 32.7 Å². The number of benzene rings is 1. The highest BCUT2D eigenvalue weighted by Crippen LogP contribution is 2.28. The van der Waals surface area contributed by atoms with Gasteiger partial charge in [-0.2, -0.15) is 0 Å². The van der Waals surface area contributed by atoms with Gasteiger partial charge in [-0.05, 0) is 44.5 Å². The SMILES string of the molecule is CCOc1cc(/C=C/C(=O)NNC(=O)CCN2C(=O)NC(C)(C)C2=O)ccc1OC. The smallest absolute Gasteiger partial charge is 0.325 e. The molecule has 0 aliphatic carbocycles. The zero-order valence-electron chi connectivity index (χ0n) is 17.4. The third kappa shape index (κ3) is 5.72. The molecule has 1 aliphatic rings. The van der Waals surface area contributed by atoms with Crippen LogP contribution in [0.15, 0.2) is 24.3 Å². The number of carbonyl (C=O) groups excluding carboxylic acids is 4. The zero-order chi connectivity index (χ0) is 22.3. The minimum absolute atomic E-state index is 0.0856. The molecule has 3 N–H and O–H groups in total. The fraction of sp³-hybridized carbons (Fsp3) is 0.400. The lowest BCUT2D eigenvalue weighted by Gasteiger charge is -2.15. The van der Waals surface area contributed by atoms with Crippen LogP contribution in [0.3, 0.4) is 0 Å². The first kappa shape index (κ1) is 22.7. The number of ether oxygens (including phenoxy) is 2. The highest BCUT2D eigenvalue weighted by atomic mass is 16.5. The van der Waals surface area contributed by atoms with Crippen LogP contribution in [0.25, 0.3) is 6.08 Å². The van der Waals surface area contributed by atoms with Crippen LogP contribution in [0.2, 0.25) is 0 Å². The maximum absolute atomic E-state index is 12.1. The second-order valence-corrected chi connectivity index (χ2v) is 6.98. The third-order valence-corrected chi connectivity index (χ3v) is 4.25. The largest absolute Gasteiger partial charge is 0.493 e. The van der Waals surface area contributed by atoms with E-state index in [9.17, 15) is 19.2 Å². The average molecular weight is 418 g/mol. The Kier molecular flexibility index (Phi) is 7.40. The first-order valence-corrected chi connectivity index (χ1v) is 9.39. The number of amides is 5. The molecule has 1 aliphatic heterocycles. The predicted octanol–water partition coefficient (Wildman–Crippen LogP) is 0.975. The standard InChI is InChI=1S/C20H26N4O6/c1-5-30-15-12-13(6-8-14(15)29-4)7-9-16(25)22-23-17(26)10-11-24-18(27)20(2,3)21-19(24)28/h6-9,12H,5,10-11H2,1-4H3,(H,21,28)(H,22,25)(H,23,26)/b9-7+. The van der Waals surface area contributed by atoms with Crippen LogP contribution >= 0.6 is 0 Å². The number of methoxy groups -OCH3 is 1. The van der Waals surface area contributed by atoms with E-state index >= 15 is 0 Å². The quantitative estimate of drug-likeness (QED) is 0.328. The molecule has 1 aromatic carbocycles. The van der Waals surface area contributed by atoms with Crippen LogP contribution in [0.5, 0.6) is 11.5 Å². The number of hydrazine groups is 1. The van der Waals surface area contributed by atoms with Crippen molar-refractivity contribution in [2.75, 3.05) is 20.3 Å². The van der Waals surface area contributed by atoms with Crippen LogP contribution in [-0.2, 0) is 14.4 Å². The van der Waals surface area contributed by atoms with Crippen molar-refractivity contribution < 1.29 is 28.7 Å². The van der Waals surface area contributed by atoms with Gasteiger partial charge in [0.05, 0.1) is 13.7 Å². The maximum atomic E-state index is 12.1. The Bertz CT molecular complexity index is 865. The van der Waals surface area contributed by atoms with Crippen molar-refractivity contribution in [2.24, 2.45) is 0 Å². The number of hydrogen-bond donors (Lipinski definition) is 3. The predicted molar refractivity (Wildman–Crippen MR) is 108 cm³/mol. The van der Waals surface area contributed by atoms with E-state index < -0.39 is 29.3 Å². The fourth-order valence-electron chi connectivity index (χ4n) is 2.71. The molecule has 0 spiro atoms. The van der Waals surface area contributed by atoms with Crippen molar-refractivity contribution in [3.63, 3.8) is 0 Å². The van der Waals surface area contributed by atoms with Gasteiger partial charge in [0.15, 0.2) is 11.5 Å². The first-order valence-electron chi connectivity index (χ1n) is 9.39. The van der Waals surface area contributed by atoms with E-state index in [1.165, 1.54) is 13.2 Å². The second-order valence-electron chi connectivity index (χ2n) is 6.98. The molecule has 1 saturated heterocycles. The van der Waals surface area contributed by atoms with Crippen molar-refractivity contribution in [1.29, 1.82) is 0 Å². The Labute approximate surface area is 174 Å². The van der Waals surface area contributed by atoms with Crippen LogP contribution < -0.4 is 25.6 Å². The normalized spacial score (nSPS) is 15.1. The molecule has 1 fully saturated rings. The number of rotatable bonds is 8. The molecule has 0 bridgehead atoms. The molecule has 5 amide bonds. The van der Waals surface area contributed by atoms with E-state index in [4.69, 9.17) is 9.47 Å². The summed E-state index contributed by atoms with van der Waals surface area (Å²) in [6.07, 6.45) is 2.66. The number of nitrogens with one attached hydrogen (secondary N) is 3. The minimum Gasteiger partial charge on any atom is -0.493 e. The van der Waals surface area contributed by atoms with Gasteiger partial charge in [0.2, 0.25) is 5.91 Å². The Hall–Kier alpha value is -3.56. The second kappa shape index (κ2) is 9.77. The lowest BCUT2D eigenvalue weighted by molar-refractivity contribution is -0.131. The summed E-state index contributed by atoms with van der Waals surface area (Å²) in [5.41, 5.74) is 4.20. The molecule has 0 unspecified atom stereocenters. The molecule has 0 saturated carbocycles. The number of imide groups is 1. The van der Waals surface area contributed by atoms with Crippen LogP contribution in [0.4, 0.5) is 4.79 Å². The molecular formula is C20H26N4O6. The van der Waals surface area contributed by atoms with Gasteiger partial charge in [0.1, 0.15) is 5.54 Å². The molecule has 30 heavy (non-hydrogen) atoms. The summed E-state index contributed by atoms with van der Waals surface area (Å²) in [6, 6.07) is 4.66. The van der Waals surface area contributed by atoms with E-state index in [0.717, 1.165) is 4.90 Å². The summed E-state index contributed by atoms with van der Waals surface area (Å²) in [4.78, 5) is 48.6. The average Bonchev–Trinajstić information content (AvgIpc) is 2.90. The summed E-state index contributed by atoms with van der Waals surface area (Å²) < 4.78 is 10.7. The molecule has 10 heteroatoms. The van der Waals surface area contributed by atoms with Gasteiger partial charge >= 0.3 is 6.03 Å². The van der Waals surface area contributed by atoms with Gasteiger partial charge in [-0.3, -0.25) is 30.1 Å². The molecule has 1 aromatic rings. The number of urea groups is 1. The van der Waals surface area contributed by atoms with Crippen LogP contribution in [0.1, 0.15) is 32.8 Å². The van der Waals surface area contributed by atoms with Crippen molar-refractivity contribution in [3.05, 3.63) is 29.8 Å². The summed E-state index contributed by atoms with van der Waals surface area (Å²) in [5, 5.41) is 2.53. The monoisotopic (exact) mass is 418 g/mol. The first-order chi connectivity index (χ1) is 14.2. The van der Waals surface area contributed by atoms with Gasteiger partial charge in [0, 0.05) is 19.0 Å². The molecular weight excluding hydrogens is 392 g/mol. The Morgan fingerprint density at radius 1 is 1.20 bits per heavy atom. The molecule has 1 heterocycles. The Balaban J connectivity index is 1.81. The molecule has 10 nitrogen and oxygen atoms in total. The zero-order valence-corrected chi connectivity index (χ0v) is 17.4. The third-order valence-electron chi connectivity index (χ3n) is 4.25. The lowest BCUT2D eigenvalue weighted by atomic mass is 10.1. The molecule has 162 valence electrons. The van der Waals surface area contributed by atoms with Crippen LogP contribution in [0, 0.1) is 0 Å². The topological polar surface area (TPSA) is 126 Å². The molecule has 0 atom stereocenters. The Morgan fingerprint density at radius 3 is 2.53 bits per heavy atom.